The summed E-state index contributed by atoms with van der Waals surface area (Å²) in [5.41, 5.74) is 4.61. The summed E-state index contributed by atoms with van der Waals surface area (Å²) < 4.78 is 5.27. The molecular weight excluding hydrogens is 190 g/mol. The minimum atomic E-state index is -0.864. The molecular formula is C12H25NO2. The monoisotopic (exact) mass is 215 g/mol. The average molecular weight is 215 g/mol. The van der Waals surface area contributed by atoms with Gasteiger partial charge in [0.2, 0.25) is 0 Å². The van der Waals surface area contributed by atoms with Crippen LogP contribution in [0.25, 0.3) is 0 Å². The van der Waals surface area contributed by atoms with E-state index in [0.29, 0.717) is 12.3 Å². The smallest absolute Gasteiger partial charge is 0.326 e. The standard InChI is InChI=1S/C12H25NO2/c1-9(2)7-8-12(6,13)10(14)15-11(3,4)5/h9H,7-8,13H2,1-6H3. The van der Waals surface area contributed by atoms with Crippen molar-refractivity contribution in [3.63, 3.8) is 0 Å². The van der Waals surface area contributed by atoms with E-state index in [4.69, 9.17) is 10.5 Å². The van der Waals surface area contributed by atoms with Crippen molar-refractivity contribution in [3.05, 3.63) is 0 Å². The summed E-state index contributed by atoms with van der Waals surface area (Å²) in [6.07, 6.45) is 1.60. The van der Waals surface area contributed by atoms with Gasteiger partial charge in [-0.3, -0.25) is 4.79 Å². The van der Waals surface area contributed by atoms with Crippen LogP contribution in [0.2, 0.25) is 0 Å². The van der Waals surface area contributed by atoms with Crippen LogP contribution < -0.4 is 5.73 Å². The van der Waals surface area contributed by atoms with Crippen molar-refractivity contribution in [1.82, 2.24) is 0 Å². The second kappa shape index (κ2) is 4.97. The van der Waals surface area contributed by atoms with Crippen LogP contribution >= 0.6 is 0 Å². The van der Waals surface area contributed by atoms with Crippen LogP contribution in [0.4, 0.5) is 0 Å². The second-order valence-electron chi connectivity index (χ2n) is 5.85. The van der Waals surface area contributed by atoms with Gasteiger partial charge in [0, 0.05) is 0 Å². The fourth-order valence-corrected chi connectivity index (χ4v) is 1.09. The zero-order valence-electron chi connectivity index (χ0n) is 10.9. The molecule has 0 bridgehead atoms. The van der Waals surface area contributed by atoms with Crippen molar-refractivity contribution in [2.75, 3.05) is 0 Å². The number of hydrogen-bond acceptors (Lipinski definition) is 3. The molecule has 0 heterocycles. The van der Waals surface area contributed by atoms with E-state index in [1.54, 1.807) is 6.92 Å². The minimum absolute atomic E-state index is 0.310. The highest BCUT2D eigenvalue weighted by Crippen LogP contribution is 2.18. The van der Waals surface area contributed by atoms with E-state index >= 15 is 0 Å². The number of esters is 1. The number of carbonyl (C=O) groups excluding carboxylic acids is 1. The molecule has 0 spiro atoms. The second-order valence-corrected chi connectivity index (χ2v) is 5.85. The summed E-state index contributed by atoms with van der Waals surface area (Å²) >= 11 is 0. The number of nitrogens with two attached hydrogens (primary N) is 1. The molecule has 3 nitrogen and oxygen atoms in total. The van der Waals surface area contributed by atoms with Gasteiger partial charge in [0.05, 0.1) is 0 Å². The number of hydrogen-bond donors (Lipinski definition) is 1. The van der Waals surface area contributed by atoms with E-state index in [9.17, 15) is 4.79 Å². The summed E-state index contributed by atoms with van der Waals surface area (Å²) in [6, 6.07) is 0. The van der Waals surface area contributed by atoms with Gasteiger partial charge in [0.1, 0.15) is 11.1 Å². The van der Waals surface area contributed by atoms with Crippen molar-refractivity contribution >= 4 is 5.97 Å². The van der Waals surface area contributed by atoms with E-state index in [1.165, 1.54) is 0 Å². The molecule has 1 atom stereocenters. The van der Waals surface area contributed by atoms with Crippen molar-refractivity contribution in [2.45, 2.75) is 65.5 Å². The van der Waals surface area contributed by atoms with Gasteiger partial charge >= 0.3 is 5.97 Å². The molecule has 15 heavy (non-hydrogen) atoms. The molecule has 90 valence electrons. The maximum atomic E-state index is 11.7. The number of ether oxygens (including phenoxy) is 1. The Bertz CT molecular complexity index is 214. The van der Waals surface area contributed by atoms with Gasteiger partial charge < -0.3 is 10.5 Å². The largest absolute Gasteiger partial charge is 0.459 e. The van der Waals surface area contributed by atoms with Crippen molar-refractivity contribution in [2.24, 2.45) is 11.7 Å². The van der Waals surface area contributed by atoms with E-state index in [1.807, 2.05) is 20.8 Å². The molecule has 0 aromatic rings. The maximum absolute atomic E-state index is 11.7. The Balaban J connectivity index is 4.26. The van der Waals surface area contributed by atoms with Gasteiger partial charge in [-0.05, 0) is 46.5 Å². The lowest BCUT2D eigenvalue weighted by molar-refractivity contribution is -0.161. The van der Waals surface area contributed by atoms with Gasteiger partial charge in [-0.2, -0.15) is 0 Å². The van der Waals surface area contributed by atoms with Gasteiger partial charge in [-0.15, -0.1) is 0 Å². The third-order valence-electron chi connectivity index (χ3n) is 2.11. The van der Waals surface area contributed by atoms with Crippen LogP contribution in [0, 0.1) is 5.92 Å². The van der Waals surface area contributed by atoms with Gasteiger partial charge in [0.15, 0.2) is 0 Å². The van der Waals surface area contributed by atoms with Crippen molar-refractivity contribution < 1.29 is 9.53 Å². The topological polar surface area (TPSA) is 52.3 Å². The van der Waals surface area contributed by atoms with Crippen LogP contribution in [-0.4, -0.2) is 17.1 Å². The molecule has 0 aromatic carbocycles. The molecule has 0 rings (SSSR count). The lowest BCUT2D eigenvalue weighted by Gasteiger charge is -2.28. The summed E-state index contributed by atoms with van der Waals surface area (Å²) in [7, 11) is 0. The zero-order valence-corrected chi connectivity index (χ0v) is 10.9. The summed E-state index contributed by atoms with van der Waals surface area (Å²) in [5.74, 6) is 0.242. The highest BCUT2D eigenvalue weighted by Gasteiger charge is 2.32. The molecule has 1 unspecified atom stereocenters. The molecule has 0 aromatic heterocycles. The minimum Gasteiger partial charge on any atom is -0.459 e. The van der Waals surface area contributed by atoms with Crippen LogP contribution in [0.15, 0.2) is 0 Å². The highest BCUT2D eigenvalue weighted by atomic mass is 16.6. The third-order valence-corrected chi connectivity index (χ3v) is 2.11. The van der Waals surface area contributed by atoms with Crippen LogP contribution in [0.1, 0.15) is 54.4 Å². The molecule has 0 aliphatic carbocycles. The summed E-state index contributed by atoms with van der Waals surface area (Å²) in [5, 5.41) is 0. The van der Waals surface area contributed by atoms with Gasteiger partial charge in [-0.1, -0.05) is 13.8 Å². The third kappa shape index (κ3) is 6.50. The first-order valence-electron chi connectivity index (χ1n) is 5.57. The summed E-state index contributed by atoms with van der Waals surface area (Å²) in [4.78, 5) is 11.7. The Morgan fingerprint density at radius 1 is 1.27 bits per heavy atom. The molecule has 0 aliphatic heterocycles. The summed E-state index contributed by atoms with van der Waals surface area (Å²) in [6.45, 7) is 11.5. The molecule has 0 saturated carbocycles. The predicted octanol–water partition coefficient (Wildman–Crippen LogP) is 2.48. The fraction of sp³-hybridized carbons (Fsp3) is 0.917. The Kier molecular flexibility index (Phi) is 4.78. The number of rotatable bonds is 4. The van der Waals surface area contributed by atoms with E-state index in [2.05, 4.69) is 13.8 Å². The quantitative estimate of drug-likeness (QED) is 0.733. The number of carbonyl (C=O) groups is 1. The molecule has 0 amide bonds. The van der Waals surface area contributed by atoms with Crippen LogP contribution in [-0.2, 0) is 9.53 Å². The van der Waals surface area contributed by atoms with Crippen LogP contribution in [0.3, 0.4) is 0 Å². The lowest BCUT2D eigenvalue weighted by Crippen LogP contribution is -2.48. The first-order valence-corrected chi connectivity index (χ1v) is 5.57. The highest BCUT2D eigenvalue weighted by molar-refractivity contribution is 5.80. The maximum Gasteiger partial charge on any atom is 0.326 e. The molecule has 0 aliphatic rings. The van der Waals surface area contributed by atoms with Crippen molar-refractivity contribution in [3.8, 4) is 0 Å². The van der Waals surface area contributed by atoms with Crippen LogP contribution in [0.5, 0.6) is 0 Å². The Morgan fingerprint density at radius 3 is 2.07 bits per heavy atom. The Morgan fingerprint density at radius 2 is 1.73 bits per heavy atom. The van der Waals surface area contributed by atoms with E-state index < -0.39 is 11.1 Å². The predicted molar refractivity (Wildman–Crippen MR) is 62.5 cm³/mol. The Labute approximate surface area is 93.4 Å². The molecule has 3 heteroatoms. The lowest BCUT2D eigenvalue weighted by atomic mass is 9.93. The van der Waals surface area contributed by atoms with E-state index in [0.717, 1.165) is 6.42 Å². The SMILES string of the molecule is CC(C)CCC(C)(N)C(=O)OC(C)(C)C. The molecule has 0 saturated heterocycles. The average Bonchev–Trinajstić information content (AvgIpc) is 1.97. The first kappa shape index (κ1) is 14.4. The van der Waals surface area contributed by atoms with Gasteiger partial charge in [0.25, 0.3) is 0 Å². The van der Waals surface area contributed by atoms with Gasteiger partial charge in [-0.25, -0.2) is 0 Å². The normalized spacial score (nSPS) is 16.3. The molecule has 0 radical (unpaired) electrons. The Hall–Kier alpha value is -0.570. The molecule has 0 fully saturated rings. The fourth-order valence-electron chi connectivity index (χ4n) is 1.09. The first-order chi connectivity index (χ1) is 6.54. The van der Waals surface area contributed by atoms with Crippen molar-refractivity contribution in [1.29, 1.82) is 0 Å². The molecule has 2 N–H and O–H groups in total. The van der Waals surface area contributed by atoms with E-state index in [-0.39, 0.29) is 5.97 Å². The zero-order chi connectivity index (χ0) is 12.3.